The molecule has 2 amide bonds. The van der Waals surface area contributed by atoms with E-state index in [-0.39, 0.29) is 24.1 Å². The topological polar surface area (TPSA) is 52.6 Å². The summed E-state index contributed by atoms with van der Waals surface area (Å²) < 4.78 is 0. The molecule has 0 aromatic rings. The summed E-state index contributed by atoms with van der Waals surface area (Å²) in [6, 6.07) is 0.267. The molecule has 1 aliphatic heterocycles. The minimum atomic E-state index is 0.0408. The van der Waals surface area contributed by atoms with Crippen molar-refractivity contribution in [1.82, 2.24) is 10.2 Å². The Bertz CT molecular complexity index is 280. The van der Waals surface area contributed by atoms with Crippen molar-refractivity contribution < 1.29 is 9.90 Å². The van der Waals surface area contributed by atoms with Crippen molar-refractivity contribution in [2.75, 3.05) is 19.7 Å². The van der Waals surface area contributed by atoms with Crippen LogP contribution < -0.4 is 5.32 Å². The first-order chi connectivity index (χ1) is 8.98. The predicted octanol–water partition coefficient (Wildman–Crippen LogP) is 2.62. The molecular formula is C15H30N2O2. The monoisotopic (exact) mass is 270 g/mol. The molecule has 1 aliphatic rings. The number of carbonyl (C=O) groups is 1. The summed E-state index contributed by atoms with van der Waals surface area (Å²) in [4.78, 5) is 14.1. The lowest BCUT2D eigenvalue weighted by molar-refractivity contribution is 0.0512. The van der Waals surface area contributed by atoms with Crippen LogP contribution in [0.1, 0.15) is 53.4 Å². The van der Waals surface area contributed by atoms with Gasteiger partial charge in [-0.2, -0.15) is 0 Å². The molecule has 1 rings (SSSR count). The van der Waals surface area contributed by atoms with Crippen molar-refractivity contribution in [3.05, 3.63) is 0 Å². The molecule has 2 atom stereocenters. The van der Waals surface area contributed by atoms with E-state index in [1.54, 1.807) is 0 Å². The van der Waals surface area contributed by atoms with E-state index in [0.717, 1.165) is 38.8 Å². The van der Waals surface area contributed by atoms with Gasteiger partial charge in [0.2, 0.25) is 0 Å². The van der Waals surface area contributed by atoms with E-state index in [0.29, 0.717) is 5.92 Å². The zero-order chi connectivity index (χ0) is 14.5. The van der Waals surface area contributed by atoms with Crippen molar-refractivity contribution in [3.8, 4) is 0 Å². The number of hydrogen-bond acceptors (Lipinski definition) is 2. The van der Waals surface area contributed by atoms with Crippen molar-refractivity contribution in [3.63, 3.8) is 0 Å². The van der Waals surface area contributed by atoms with Gasteiger partial charge in [0, 0.05) is 25.7 Å². The van der Waals surface area contributed by atoms with Crippen molar-refractivity contribution >= 4 is 6.03 Å². The molecule has 0 bridgehead atoms. The van der Waals surface area contributed by atoms with Crippen LogP contribution in [0.3, 0.4) is 0 Å². The molecule has 2 unspecified atom stereocenters. The Morgan fingerprint density at radius 2 is 1.89 bits per heavy atom. The maximum Gasteiger partial charge on any atom is 0.317 e. The van der Waals surface area contributed by atoms with E-state index in [4.69, 9.17) is 0 Å². The maximum absolute atomic E-state index is 12.2. The molecular weight excluding hydrogens is 240 g/mol. The lowest BCUT2D eigenvalue weighted by atomic mass is 9.77. The molecule has 1 heterocycles. The minimum Gasteiger partial charge on any atom is -0.396 e. The number of likely N-dealkylation sites (tertiary alicyclic amines) is 1. The first kappa shape index (κ1) is 16.3. The number of piperidine rings is 1. The van der Waals surface area contributed by atoms with E-state index < -0.39 is 0 Å². The number of rotatable bonds is 5. The normalized spacial score (nSPS) is 21.8. The first-order valence-corrected chi connectivity index (χ1v) is 7.64. The molecule has 4 heteroatoms. The summed E-state index contributed by atoms with van der Waals surface area (Å²) in [5.74, 6) is 0.501. The molecule has 0 radical (unpaired) electrons. The molecule has 4 nitrogen and oxygen atoms in total. The van der Waals surface area contributed by atoms with Crippen LogP contribution >= 0.6 is 0 Å². The molecule has 2 N–H and O–H groups in total. The van der Waals surface area contributed by atoms with Gasteiger partial charge in [-0.25, -0.2) is 4.79 Å². The largest absolute Gasteiger partial charge is 0.396 e. The van der Waals surface area contributed by atoms with Crippen LogP contribution in [0.4, 0.5) is 4.79 Å². The Morgan fingerprint density at radius 3 is 2.32 bits per heavy atom. The number of urea groups is 1. The van der Waals surface area contributed by atoms with Gasteiger partial charge in [-0.3, -0.25) is 0 Å². The molecule has 0 aromatic heterocycles. The Morgan fingerprint density at radius 1 is 1.32 bits per heavy atom. The van der Waals surface area contributed by atoms with E-state index >= 15 is 0 Å². The van der Waals surface area contributed by atoms with Gasteiger partial charge in [-0.05, 0) is 37.5 Å². The average molecular weight is 270 g/mol. The van der Waals surface area contributed by atoms with E-state index in [1.807, 2.05) is 4.90 Å². The van der Waals surface area contributed by atoms with E-state index in [9.17, 15) is 9.90 Å². The summed E-state index contributed by atoms with van der Waals surface area (Å²) in [5.41, 5.74) is 0.0408. The molecule has 0 aliphatic carbocycles. The molecule has 112 valence electrons. The fraction of sp³-hybridized carbons (Fsp3) is 0.933. The summed E-state index contributed by atoms with van der Waals surface area (Å²) in [6.45, 7) is 10.3. The number of nitrogens with zero attached hydrogens (tertiary/aromatic N) is 1. The van der Waals surface area contributed by atoms with Gasteiger partial charge < -0.3 is 15.3 Å². The summed E-state index contributed by atoms with van der Waals surface area (Å²) in [6.07, 6.45) is 3.88. The quantitative estimate of drug-likeness (QED) is 0.807. The van der Waals surface area contributed by atoms with Crippen LogP contribution in [-0.4, -0.2) is 41.8 Å². The van der Waals surface area contributed by atoms with Gasteiger partial charge in [0.25, 0.3) is 0 Å². The van der Waals surface area contributed by atoms with Crippen LogP contribution in [0.2, 0.25) is 0 Å². The molecule has 19 heavy (non-hydrogen) atoms. The van der Waals surface area contributed by atoms with Gasteiger partial charge in [-0.15, -0.1) is 0 Å². The SMILES string of the molecule is CCC(C)C(C)NC(=O)N1CCC(CC)(CO)CC1. The second kappa shape index (κ2) is 7.13. The molecule has 1 saturated heterocycles. The van der Waals surface area contributed by atoms with Gasteiger partial charge in [0.05, 0.1) is 0 Å². The second-order valence-corrected chi connectivity index (χ2v) is 6.12. The second-order valence-electron chi connectivity index (χ2n) is 6.12. The fourth-order valence-corrected chi connectivity index (χ4v) is 2.59. The molecule has 1 fully saturated rings. The lowest BCUT2D eigenvalue weighted by Crippen LogP contribution is -2.51. The molecule has 0 aromatic carbocycles. The lowest BCUT2D eigenvalue weighted by Gasteiger charge is -2.40. The van der Waals surface area contributed by atoms with Gasteiger partial charge in [0.1, 0.15) is 0 Å². The average Bonchev–Trinajstić information content (AvgIpc) is 2.46. The highest BCUT2D eigenvalue weighted by Gasteiger charge is 2.34. The highest BCUT2D eigenvalue weighted by Crippen LogP contribution is 2.34. The predicted molar refractivity (Wildman–Crippen MR) is 78.1 cm³/mol. The Balaban J connectivity index is 2.45. The van der Waals surface area contributed by atoms with Crippen molar-refractivity contribution in [1.29, 1.82) is 0 Å². The van der Waals surface area contributed by atoms with Crippen molar-refractivity contribution in [2.24, 2.45) is 11.3 Å². The number of nitrogens with one attached hydrogen (secondary N) is 1. The summed E-state index contributed by atoms with van der Waals surface area (Å²) in [7, 11) is 0. The summed E-state index contributed by atoms with van der Waals surface area (Å²) >= 11 is 0. The Hall–Kier alpha value is -0.770. The fourth-order valence-electron chi connectivity index (χ4n) is 2.59. The Labute approximate surface area is 117 Å². The zero-order valence-corrected chi connectivity index (χ0v) is 12.9. The molecule has 0 spiro atoms. The summed E-state index contributed by atoms with van der Waals surface area (Å²) in [5, 5.41) is 12.6. The highest BCUT2D eigenvalue weighted by atomic mass is 16.3. The van der Waals surface area contributed by atoms with Crippen LogP contribution in [0, 0.1) is 11.3 Å². The van der Waals surface area contributed by atoms with E-state index in [1.165, 1.54) is 0 Å². The van der Waals surface area contributed by atoms with Crippen LogP contribution in [0.25, 0.3) is 0 Å². The van der Waals surface area contributed by atoms with Gasteiger partial charge in [0.15, 0.2) is 0 Å². The highest BCUT2D eigenvalue weighted by molar-refractivity contribution is 5.74. The first-order valence-electron chi connectivity index (χ1n) is 7.64. The zero-order valence-electron chi connectivity index (χ0n) is 12.9. The van der Waals surface area contributed by atoms with Gasteiger partial charge >= 0.3 is 6.03 Å². The number of amides is 2. The minimum absolute atomic E-state index is 0.0408. The van der Waals surface area contributed by atoms with Crippen LogP contribution in [-0.2, 0) is 0 Å². The third-order valence-electron chi connectivity index (χ3n) is 5.05. The number of carbonyl (C=O) groups excluding carboxylic acids is 1. The standard InChI is InChI=1S/C15H30N2O2/c1-5-12(3)13(4)16-14(19)17-9-7-15(6-2,11-18)8-10-17/h12-13,18H,5-11H2,1-4H3,(H,16,19). The number of hydrogen-bond donors (Lipinski definition) is 2. The number of aliphatic hydroxyl groups is 1. The third kappa shape index (κ3) is 4.10. The smallest absolute Gasteiger partial charge is 0.317 e. The van der Waals surface area contributed by atoms with Crippen LogP contribution in [0.15, 0.2) is 0 Å². The molecule has 0 saturated carbocycles. The van der Waals surface area contributed by atoms with Crippen LogP contribution in [0.5, 0.6) is 0 Å². The van der Waals surface area contributed by atoms with Crippen molar-refractivity contribution in [2.45, 2.75) is 59.4 Å². The third-order valence-corrected chi connectivity index (χ3v) is 5.05. The Kier molecular flexibility index (Phi) is 6.11. The maximum atomic E-state index is 12.2. The van der Waals surface area contributed by atoms with E-state index in [2.05, 4.69) is 33.0 Å². The number of aliphatic hydroxyl groups excluding tert-OH is 1. The van der Waals surface area contributed by atoms with Gasteiger partial charge in [-0.1, -0.05) is 27.2 Å².